The third kappa shape index (κ3) is 3.69. The Morgan fingerprint density at radius 2 is 2.17 bits per heavy atom. The lowest BCUT2D eigenvalue weighted by Crippen LogP contribution is -2.55. The standard InChI is InChI=1S/C14H29N3O/c1-5-17(10-12-7-6-8-12)11(2)9-14(3,16-4)13(15)18/h11-12,16H,5-10H2,1-4H3,(H2,15,18). The van der Waals surface area contributed by atoms with Gasteiger partial charge >= 0.3 is 0 Å². The summed E-state index contributed by atoms with van der Waals surface area (Å²) in [5.74, 6) is 0.596. The minimum Gasteiger partial charge on any atom is -0.368 e. The summed E-state index contributed by atoms with van der Waals surface area (Å²) in [7, 11) is 1.81. The first-order chi connectivity index (χ1) is 8.42. The number of carbonyl (C=O) groups is 1. The molecular formula is C14H29N3O. The van der Waals surface area contributed by atoms with Crippen LogP contribution in [0.15, 0.2) is 0 Å². The van der Waals surface area contributed by atoms with Crippen LogP contribution in [0, 0.1) is 5.92 Å². The lowest BCUT2D eigenvalue weighted by Gasteiger charge is -2.38. The molecule has 0 heterocycles. The van der Waals surface area contributed by atoms with Gasteiger partial charge in [0.05, 0.1) is 5.54 Å². The summed E-state index contributed by atoms with van der Waals surface area (Å²) in [4.78, 5) is 14.0. The number of nitrogens with one attached hydrogen (secondary N) is 1. The van der Waals surface area contributed by atoms with Gasteiger partial charge in [0.25, 0.3) is 0 Å². The first kappa shape index (κ1) is 15.4. The average molecular weight is 255 g/mol. The van der Waals surface area contributed by atoms with Gasteiger partial charge in [-0.1, -0.05) is 13.3 Å². The molecule has 18 heavy (non-hydrogen) atoms. The van der Waals surface area contributed by atoms with Crippen molar-refractivity contribution >= 4 is 5.91 Å². The van der Waals surface area contributed by atoms with Crippen molar-refractivity contribution in [3.8, 4) is 0 Å². The zero-order valence-corrected chi connectivity index (χ0v) is 12.3. The molecule has 0 aromatic rings. The van der Waals surface area contributed by atoms with E-state index < -0.39 is 5.54 Å². The second-order valence-electron chi connectivity index (χ2n) is 5.88. The van der Waals surface area contributed by atoms with Gasteiger partial charge in [0, 0.05) is 12.6 Å². The van der Waals surface area contributed by atoms with Crippen LogP contribution in [-0.4, -0.2) is 42.5 Å². The fourth-order valence-corrected chi connectivity index (χ4v) is 2.67. The van der Waals surface area contributed by atoms with Gasteiger partial charge in [-0.15, -0.1) is 0 Å². The van der Waals surface area contributed by atoms with E-state index in [1.807, 2.05) is 6.92 Å². The molecule has 0 aromatic carbocycles. The Morgan fingerprint density at radius 3 is 2.50 bits per heavy atom. The Morgan fingerprint density at radius 1 is 1.56 bits per heavy atom. The summed E-state index contributed by atoms with van der Waals surface area (Å²) < 4.78 is 0. The van der Waals surface area contributed by atoms with E-state index in [0.717, 1.165) is 25.4 Å². The van der Waals surface area contributed by atoms with Crippen LogP contribution >= 0.6 is 0 Å². The lowest BCUT2D eigenvalue weighted by molar-refractivity contribution is -0.124. The summed E-state index contributed by atoms with van der Waals surface area (Å²) >= 11 is 0. The molecule has 0 saturated heterocycles. The Balaban J connectivity index is 2.54. The molecule has 4 heteroatoms. The molecule has 0 radical (unpaired) electrons. The lowest BCUT2D eigenvalue weighted by atomic mass is 9.84. The van der Waals surface area contributed by atoms with Crippen molar-refractivity contribution in [1.29, 1.82) is 0 Å². The Kier molecular flexibility index (Phi) is 5.60. The molecule has 1 fully saturated rings. The fraction of sp³-hybridized carbons (Fsp3) is 0.929. The van der Waals surface area contributed by atoms with Crippen molar-refractivity contribution in [3.63, 3.8) is 0 Å². The van der Waals surface area contributed by atoms with Crippen molar-refractivity contribution in [3.05, 3.63) is 0 Å². The first-order valence-corrected chi connectivity index (χ1v) is 7.15. The summed E-state index contributed by atoms with van der Waals surface area (Å²) in [5.41, 5.74) is 4.89. The van der Waals surface area contributed by atoms with E-state index in [1.165, 1.54) is 19.3 Å². The molecule has 2 atom stereocenters. The maximum Gasteiger partial charge on any atom is 0.237 e. The van der Waals surface area contributed by atoms with Crippen LogP contribution < -0.4 is 11.1 Å². The molecule has 1 aliphatic carbocycles. The van der Waals surface area contributed by atoms with Gasteiger partial charge in [0.15, 0.2) is 0 Å². The van der Waals surface area contributed by atoms with E-state index in [1.54, 1.807) is 7.05 Å². The highest BCUT2D eigenvalue weighted by molar-refractivity contribution is 5.84. The van der Waals surface area contributed by atoms with Gasteiger partial charge in [-0.25, -0.2) is 0 Å². The Bertz CT molecular complexity index is 278. The van der Waals surface area contributed by atoms with E-state index in [-0.39, 0.29) is 5.91 Å². The molecular weight excluding hydrogens is 226 g/mol. The Labute approximate surface area is 111 Å². The van der Waals surface area contributed by atoms with Crippen LogP contribution in [0.5, 0.6) is 0 Å². The second-order valence-corrected chi connectivity index (χ2v) is 5.88. The van der Waals surface area contributed by atoms with Crippen molar-refractivity contribution in [2.24, 2.45) is 11.7 Å². The molecule has 0 aliphatic heterocycles. The second kappa shape index (κ2) is 6.53. The minimum atomic E-state index is -0.605. The zero-order valence-electron chi connectivity index (χ0n) is 12.3. The summed E-state index contributed by atoms with van der Waals surface area (Å²) in [6, 6.07) is 0.376. The Hall–Kier alpha value is -0.610. The number of amides is 1. The van der Waals surface area contributed by atoms with E-state index in [9.17, 15) is 4.79 Å². The van der Waals surface area contributed by atoms with Crippen LogP contribution in [0.2, 0.25) is 0 Å². The summed E-state index contributed by atoms with van der Waals surface area (Å²) in [6.07, 6.45) is 4.87. The third-order valence-electron chi connectivity index (χ3n) is 4.55. The molecule has 0 bridgehead atoms. The highest BCUT2D eigenvalue weighted by atomic mass is 16.1. The van der Waals surface area contributed by atoms with Crippen LogP contribution in [0.25, 0.3) is 0 Å². The minimum absolute atomic E-state index is 0.267. The van der Waals surface area contributed by atoms with Gasteiger partial charge in [-0.3, -0.25) is 4.79 Å². The van der Waals surface area contributed by atoms with Crippen molar-refractivity contribution in [2.45, 2.75) is 58.0 Å². The molecule has 3 N–H and O–H groups in total. The van der Waals surface area contributed by atoms with E-state index in [4.69, 9.17) is 5.73 Å². The molecule has 2 unspecified atom stereocenters. The van der Waals surface area contributed by atoms with Crippen LogP contribution in [-0.2, 0) is 4.79 Å². The zero-order chi connectivity index (χ0) is 13.8. The maximum absolute atomic E-state index is 11.5. The summed E-state index contributed by atoms with van der Waals surface area (Å²) in [6.45, 7) is 8.48. The van der Waals surface area contributed by atoms with Crippen molar-refractivity contribution < 1.29 is 4.79 Å². The highest BCUT2D eigenvalue weighted by Gasteiger charge is 2.33. The maximum atomic E-state index is 11.5. The predicted molar refractivity (Wildman–Crippen MR) is 75.3 cm³/mol. The molecule has 0 aromatic heterocycles. The average Bonchev–Trinajstić information content (AvgIpc) is 2.27. The SMILES string of the molecule is CCN(CC1CCC1)C(C)CC(C)(NC)C(N)=O. The molecule has 1 rings (SSSR count). The van der Waals surface area contributed by atoms with Gasteiger partial charge < -0.3 is 16.0 Å². The number of hydrogen-bond acceptors (Lipinski definition) is 3. The summed E-state index contributed by atoms with van der Waals surface area (Å²) in [5, 5.41) is 3.07. The van der Waals surface area contributed by atoms with Gasteiger partial charge in [0.1, 0.15) is 0 Å². The number of nitrogens with two attached hydrogens (primary N) is 1. The largest absolute Gasteiger partial charge is 0.368 e. The molecule has 0 spiro atoms. The first-order valence-electron chi connectivity index (χ1n) is 7.15. The quantitative estimate of drug-likeness (QED) is 0.688. The van der Waals surface area contributed by atoms with E-state index in [0.29, 0.717) is 6.04 Å². The normalized spacial score (nSPS) is 21.4. The van der Waals surface area contributed by atoms with Crippen molar-refractivity contribution in [2.75, 3.05) is 20.1 Å². The molecule has 4 nitrogen and oxygen atoms in total. The van der Waals surface area contributed by atoms with Crippen LogP contribution in [0.4, 0.5) is 0 Å². The fourth-order valence-electron chi connectivity index (χ4n) is 2.67. The highest BCUT2D eigenvalue weighted by Crippen LogP contribution is 2.28. The number of carbonyl (C=O) groups excluding carboxylic acids is 1. The molecule has 1 aliphatic rings. The monoisotopic (exact) mass is 255 g/mol. The number of likely N-dealkylation sites (N-methyl/N-ethyl adjacent to an activating group) is 1. The van der Waals surface area contributed by atoms with E-state index in [2.05, 4.69) is 24.1 Å². The van der Waals surface area contributed by atoms with Crippen LogP contribution in [0.1, 0.15) is 46.5 Å². The predicted octanol–water partition coefficient (Wildman–Crippen LogP) is 1.35. The number of hydrogen-bond donors (Lipinski definition) is 2. The molecule has 106 valence electrons. The van der Waals surface area contributed by atoms with Crippen LogP contribution in [0.3, 0.4) is 0 Å². The van der Waals surface area contributed by atoms with Gasteiger partial charge in [0.2, 0.25) is 5.91 Å². The third-order valence-corrected chi connectivity index (χ3v) is 4.55. The molecule has 1 saturated carbocycles. The number of rotatable bonds is 8. The number of nitrogens with zero attached hydrogens (tertiary/aromatic N) is 1. The smallest absolute Gasteiger partial charge is 0.237 e. The molecule has 1 amide bonds. The number of primary amides is 1. The topological polar surface area (TPSA) is 58.4 Å². The van der Waals surface area contributed by atoms with E-state index >= 15 is 0 Å². The van der Waals surface area contributed by atoms with Crippen molar-refractivity contribution in [1.82, 2.24) is 10.2 Å². The van der Waals surface area contributed by atoms with Gasteiger partial charge in [-0.05, 0) is 52.6 Å². The van der Waals surface area contributed by atoms with Gasteiger partial charge in [-0.2, -0.15) is 0 Å².